The van der Waals surface area contributed by atoms with Gasteiger partial charge in [0.2, 0.25) is 5.91 Å². The van der Waals surface area contributed by atoms with Crippen molar-refractivity contribution in [1.29, 1.82) is 0 Å². The number of carbonyl (C=O) groups excluding carboxylic acids is 2. The Labute approximate surface area is 200 Å². The Balaban J connectivity index is 1.67. The van der Waals surface area contributed by atoms with Gasteiger partial charge >= 0.3 is 12.1 Å². The van der Waals surface area contributed by atoms with Gasteiger partial charge in [0.15, 0.2) is 0 Å². The van der Waals surface area contributed by atoms with Gasteiger partial charge in [-0.05, 0) is 47.9 Å². The lowest BCUT2D eigenvalue weighted by atomic mass is 9.91. The first kappa shape index (κ1) is 25.3. The molecule has 7 nitrogen and oxygen atoms in total. The molecule has 1 aliphatic carbocycles. The van der Waals surface area contributed by atoms with Crippen LogP contribution in [0.4, 0.5) is 4.79 Å². The van der Waals surface area contributed by atoms with Gasteiger partial charge in [-0.2, -0.15) is 0 Å². The fourth-order valence-electron chi connectivity index (χ4n) is 4.63. The summed E-state index contributed by atoms with van der Waals surface area (Å²) in [6.07, 6.45) is 1.05. The van der Waals surface area contributed by atoms with Gasteiger partial charge in [-0.3, -0.25) is 9.59 Å². The van der Waals surface area contributed by atoms with Crippen LogP contribution in [0.2, 0.25) is 0 Å². The second-order valence-corrected chi connectivity index (χ2v) is 8.75. The molecule has 0 fully saturated rings. The Morgan fingerprint density at radius 1 is 0.971 bits per heavy atom. The van der Waals surface area contributed by atoms with Crippen molar-refractivity contribution in [3.8, 4) is 11.1 Å². The van der Waals surface area contributed by atoms with E-state index >= 15 is 0 Å². The quantitative estimate of drug-likeness (QED) is 0.439. The number of fused-ring (bicyclic) bond motifs is 3. The van der Waals surface area contributed by atoms with Gasteiger partial charge in [0.25, 0.3) is 0 Å². The Kier molecular flexibility index (Phi) is 8.31. The lowest BCUT2D eigenvalue weighted by Gasteiger charge is -2.33. The molecule has 0 bridgehead atoms. The summed E-state index contributed by atoms with van der Waals surface area (Å²) >= 11 is 0. The van der Waals surface area contributed by atoms with Crippen LogP contribution in [-0.2, 0) is 14.3 Å². The molecular formula is C27H34N2O5. The lowest BCUT2D eigenvalue weighted by Crippen LogP contribution is -2.59. The fraction of sp³-hybridized carbons (Fsp3) is 0.444. The number of rotatable bonds is 11. The van der Waals surface area contributed by atoms with Crippen LogP contribution >= 0.6 is 0 Å². The average molecular weight is 467 g/mol. The molecule has 0 heterocycles. The maximum Gasteiger partial charge on any atom is 0.408 e. The highest BCUT2D eigenvalue weighted by Gasteiger charge is 2.38. The normalized spacial score (nSPS) is 13.5. The van der Waals surface area contributed by atoms with E-state index in [1.807, 2.05) is 45.0 Å². The van der Waals surface area contributed by atoms with E-state index in [4.69, 9.17) is 9.84 Å². The van der Waals surface area contributed by atoms with Crippen LogP contribution in [0, 0.1) is 0 Å². The molecule has 3 rings (SSSR count). The van der Waals surface area contributed by atoms with E-state index in [2.05, 4.69) is 34.9 Å². The summed E-state index contributed by atoms with van der Waals surface area (Å²) in [6.45, 7) is 5.74. The van der Waals surface area contributed by atoms with Crippen molar-refractivity contribution in [3.63, 3.8) is 0 Å². The van der Waals surface area contributed by atoms with Crippen molar-refractivity contribution in [3.05, 3.63) is 59.7 Å². The van der Waals surface area contributed by atoms with Crippen LogP contribution in [0.3, 0.4) is 0 Å². The van der Waals surface area contributed by atoms with Crippen LogP contribution in [0.1, 0.15) is 69.9 Å². The average Bonchev–Trinajstić information content (AvgIpc) is 3.17. The van der Waals surface area contributed by atoms with Gasteiger partial charge in [0, 0.05) is 18.4 Å². The number of ether oxygens (including phenoxy) is 1. The largest absolute Gasteiger partial charge is 0.481 e. The Bertz CT molecular complexity index is 986. The number of alkyl carbamates (subject to hydrolysis) is 1. The van der Waals surface area contributed by atoms with Gasteiger partial charge in [-0.1, -0.05) is 69.3 Å². The number of benzene rings is 2. The number of carboxylic acid groups (broad SMARTS) is 1. The minimum absolute atomic E-state index is 0.0240. The second kappa shape index (κ2) is 11.2. The molecule has 1 aliphatic rings. The first-order valence-electron chi connectivity index (χ1n) is 12.0. The van der Waals surface area contributed by atoms with Gasteiger partial charge in [0.1, 0.15) is 12.1 Å². The molecule has 1 unspecified atom stereocenters. The topological polar surface area (TPSA) is 105 Å². The zero-order valence-electron chi connectivity index (χ0n) is 20.1. The Morgan fingerprint density at radius 2 is 1.53 bits per heavy atom. The van der Waals surface area contributed by atoms with Crippen molar-refractivity contribution in [2.24, 2.45) is 0 Å². The van der Waals surface area contributed by atoms with Gasteiger partial charge in [0.05, 0.1) is 0 Å². The SMILES string of the molecule is CCC(CCC(=O)O)NC(=O)C(CC)(CC)NC(=O)OCC1c2ccccc2-c2ccccc21. The molecule has 0 saturated heterocycles. The third-order valence-corrected chi connectivity index (χ3v) is 6.86. The standard InChI is InChI=1S/C27H34N2O5/c1-4-18(15-16-24(30)31)28-25(32)27(5-2,6-3)29-26(33)34-17-23-21-13-9-7-11-19(21)20-12-8-10-14-22(20)23/h7-14,18,23H,4-6,15-17H2,1-3H3,(H,28,32)(H,29,33)(H,30,31). The maximum absolute atomic E-state index is 13.1. The van der Waals surface area contributed by atoms with E-state index in [1.165, 1.54) is 0 Å². The molecule has 2 aromatic carbocycles. The van der Waals surface area contributed by atoms with Crippen molar-refractivity contribution in [2.45, 2.75) is 70.4 Å². The number of hydrogen-bond acceptors (Lipinski definition) is 4. The smallest absolute Gasteiger partial charge is 0.408 e. The van der Waals surface area contributed by atoms with E-state index in [1.54, 1.807) is 0 Å². The zero-order valence-corrected chi connectivity index (χ0v) is 20.1. The molecule has 0 aromatic heterocycles. The molecule has 0 radical (unpaired) electrons. The molecular weight excluding hydrogens is 432 g/mol. The molecule has 0 aliphatic heterocycles. The third kappa shape index (κ3) is 5.41. The summed E-state index contributed by atoms with van der Waals surface area (Å²) in [5, 5.41) is 14.7. The van der Waals surface area contributed by atoms with Crippen LogP contribution in [0.5, 0.6) is 0 Å². The Hall–Kier alpha value is -3.35. The summed E-state index contributed by atoms with van der Waals surface area (Å²) < 4.78 is 5.65. The van der Waals surface area contributed by atoms with Crippen molar-refractivity contribution >= 4 is 18.0 Å². The molecule has 34 heavy (non-hydrogen) atoms. The minimum atomic E-state index is -1.13. The van der Waals surface area contributed by atoms with Crippen LogP contribution in [-0.4, -0.2) is 41.3 Å². The predicted molar refractivity (Wildman–Crippen MR) is 131 cm³/mol. The number of carbonyl (C=O) groups is 3. The van der Waals surface area contributed by atoms with E-state index in [0.29, 0.717) is 25.7 Å². The van der Waals surface area contributed by atoms with E-state index in [0.717, 1.165) is 22.3 Å². The number of aliphatic carboxylic acids is 1. The number of amides is 2. The highest BCUT2D eigenvalue weighted by molar-refractivity contribution is 5.90. The fourth-order valence-corrected chi connectivity index (χ4v) is 4.63. The number of nitrogens with one attached hydrogen (secondary N) is 2. The molecule has 2 amide bonds. The molecule has 182 valence electrons. The lowest BCUT2D eigenvalue weighted by molar-refractivity contribution is -0.137. The predicted octanol–water partition coefficient (Wildman–Crippen LogP) is 4.84. The first-order valence-corrected chi connectivity index (χ1v) is 12.0. The molecule has 2 aromatic rings. The van der Waals surface area contributed by atoms with Gasteiger partial charge in [-0.25, -0.2) is 4.79 Å². The highest BCUT2D eigenvalue weighted by atomic mass is 16.5. The maximum atomic E-state index is 13.1. The van der Waals surface area contributed by atoms with Crippen LogP contribution in [0.25, 0.3) is 11.1 Å². The zero-order chi connectivity index (χ0) is 24.7. The highest BCUT2D eigenvalue weighted by Crippen LogP contribution is 2.44. The van der Waals surface area contributed by atoms with E-state index in [-0.39, 0.29) is 30.9 Å². The number of carboxylic acids is 1. The van der Waals surface area contributed by atoms with Gasteiger partial charge < -0.3 is 20.5 Å². The van der Waals surface area contributed by atoms with Crippen molar-refractivity contribution in [1.82, 2.24) is 10.6 Å². The molecule has 7 heteroatoms. The summed E-state index contributed by atoms with van der Waals surface area (Å²) in [4.78, 5) is 36.9. The summed E-state index contributed by atoms with van der Waals surface area (Å²) in [7, 11) is 0. The second-order valence-electron chi connectivity index (χ2n) is 8.75. The first-order chi connectivity index (χ1) is 16.3. The number of hydrogen-bond donors (Lipinski definition) is 3. The summed E-state index contributed by atoms with van der Waals surface area (Å²) in [5.41, 5.74) is 3.41. The third-order valence-electron chi connectivity index (χ3n) is 6.86. The van der Waals surface area contributed by atoms with Gasteiger partial charge in [-0.15, -0.1) is 0 Å². The van der Waals surface area contributed by atoms with Crippen LogP contribution in [0.15, 0.2) is 48.5 Å². The molecule has 3 N–H and O–H groups in total. The minimum Gasteiger partial charge on any atom is -0.481 e. The molecule has 0 saturated carbocycles. The molecule has 0 spiro atoms. The van der Waals surface area contributed by atoms with Crippen LogP contribution < -0.4 is 10.6 Å². The van der Waals surface area contributed by atoms with Crippen molar-refractivity contribution < 1.29 is 24.2 Å². The summed E-state index contributed by atoms with van der Waals surface area (Å²) in [6, 6.07) is 16.0. The van der Waals surface area contributed by atoms with Crippen molar-refractivity contribution in [2.75, 3.05) is 6.61 Å². The Morgan fingerprint density at radius 3 is 2.03 bits per heavy atom. The van der Waals surface area contributed by atoms with E-state index < -0.39 is 17.6 Å². The summed E-state index contributed by atoms with van der Waals surface area (Å²) in [5.74, 6) is -1.28. The molecule has 1 atom stereocenters. The van der Waals surface area contributed by atoms with E-state index in [9.17, 15) is 14.4 Å². The monoisotopic (exact) mass is 466 g/mol.